The number of esters is 2. The number of phosphoric acid groups is 1. The van der Waals surface area contributed by atoms with E-state index in [1.54, 1.807) is 0 Å². The predicted molar refractivity (Wildman–Crippen MR) is 414 cm³/mol. The van der Waals surface area contributed by atoms with E-state index in [2.05, 4.69) is 50.3 Å². The number of unbranched alkanes of at least 4 members (excludes halogenated alkanes) is 60. The van der Waals surface area contributed by atoms with Crippen molar-refractivity contribution in [2.45, 2.75) is 450 Å². The van der Waals surface area contributed by atoms with Crippen LogP contribution in [0.2, 0.25) is 0 Å². The Hall–Kier alpha value is -1.77. The van der Waals surface area contributed by atoms with Crippen molar-refractivity contribution in [1.82, 2.24) is 0 Å². The van der Waals surface area contributed by atoms with Gasteiger partial charge in [0.05, 0.1) is 27.7 Å². The molecule has 10 heteroatoms. The summed E-state index contributed by atoms with van der Waals surface area (Å²) in [6, 6.07) is 0. The van der Waals surface area contributed by atoms with E-state index in [0.29, 0.717) is 23.9 Å². The van der Waals surface area contributed by atoms with Crippen molar-refractivity contribution >= 4 is 19.8 Å². The van der Waals surface area contributed by atoms with E-state index in [1.165, 1.54) is 366 Å². The second kappa shape index (κ2) is 76.4. The standard InChI is InChI=1S/C85H164NO8P/c1-6-8-10-12-14-16-18-20-22-24-26-28-30-32-34-36-38-40-42-43-44-46-48-50-52-54-56-58-60-62-64-66-68-70-72-74-76-78-85(88)94-83(82-93-95(89,90)92-80-79-86(3,4)5)81-91-84(87)77-75-73-71-69-67-65-63-61-59-57-55-53-51-49-47-45-41-39-37-35-33-31-29-27-25-23-21-19-17-15-13-11-9-7-2/h18,20,24,26,30,32,83H,6-17,19,21-23,25,27-29,31,33-82H2,1-5H3/p+1/b20-18-,26-24-,32-30-. The lowest BCUT2D eigenvalue weighted by Gasteiger charge is -2.24. The highest BCUT2D eigenvalue weighted by atomic mass is 31.2. The third-order valence-electron chi connectivity index (χ3n) is 19.4. The number of hydrogen-bond donors (Lipinski definition) is 1. The Labute approximate surface area is 592 Å². The van der Waals surface area contributed by atoms with Gasteiger partial charge >= 0.3 is 19.8 Å². The van der Waals surface area contributed by atoms with Crippen LogP contribution in [0.15, 0.2) is 36.5 Å². The van der Waals surface area contributed by atoms with E-state index in [-0.39, 0.29) is 25.6 Å². The van der Waals surface area contributed by atoms with Crippen LogP contribution in [0.5, 0.6) is 0 Å². The molecule has 0 aliphatic carbocycles. The fraction of sp³-hybridized carbons (Fsp3) is 0.906. The van der Waals surface area contributed by atoms with Gasteiger partial charge in [0.25, 0.3) is 0 Å². The average Bonchev–Trinajstić information content (AvgIpc) is 1.80. The number of allylic oxidation sites excluding steroid dienone is 6. The number of rotatable bonds is 80. The van der Waals surface area contributed by atoms with E-state index in [0.717, 1.165) is 44.9 Å². The van der Waals surface area contributed by atoms with E-state index in [1.807, 2.05) is 21.1 Å². The molecule has 0 aromatic carbocycles. The second-order valence-electron chi connectivity index (χ2n) is 30.2. The molecule has 95 heavy (non-hydrogen) atoms. The molecule has 1 N–H and O–H groups in total. The number of likely N-dealkylation sites (N-methyl/N-ethyl adjacent to an activating group) is 1. The summed E-state index contributed by atoms with van der Waals surface area (Å²) in [4.78, 5) is 36.0. The summed E-state index contributed by atoms with van der Waals surface area (Å²) in [5, 5.41) is 0. The lowest BCUT2D eigenvalue weighted by atomic mass is 10.0. The second-order valence-corrected chi connectivity index (χ2v) is 31.7. The number of quaternary nitrogens is 1. The Morgan fingerprint density at radius 3 is 0.842 bits per heavy atom. The van der Waals surface area contributed by atoms with Crippen LogP contribution in [0.4, 0.5) is 0 Å². The minimum Gasteiger partial charge on any atom is -0.462 e. The first-order valence-corrected chi connectivity index (χ1v) is 43.7. The summed E-state index contributed by atoms with van der Waals surface area (Å²) in [5.74, 6) is -0.769. The van der Waals surface area contributed by atoms with Crippen molar-refractivity contribution in [1.29, 1.82) is 0 Å². The summed E-state index contributed by atoms with van der Waals surface area (Å²) < 4.78 is 34.9. The zero-order chi connectivity index (χ0) is 69.0. The molecule has 0 aliphatic heterocycles. The molecule has 2 unspecified atom stereocenters. The third-order valence-corrected chi connectivity index (χ3v) is 20.4. The highest BCUT2D eigenvalue weighted by Crippen LogP contribution is 2.43. The van der Waals surface area contributed by atoms with Gasteiger partial charge in [-0.2, -0.15) is 0 Å². The Balaban J connectivity index is 3.88. The van der Waals surface area contributed by atoms with Crippen molar-refractivity contribution in [3.05, 3.63) is 36.5 Å². The molecule has 0 aliphatic rings. The molecular weight excluding hydrogens is 1190 g/mol. The average molecular weight is 1360 g/mol. The molecular formula is C85H165NO8P+. The van der Waals surface area contributed by atoms with Gasteiger partial charge in [-0.15, -0.1) is 0 Å². The first-order chi connectivity index (χ1) is 46.5. The van der Waals surface area contributed by atoms with E-state index in [9.17, 15) is 19.0 Å². The Morgan fingerprint density at radius 2 is 0.568 bits per heavy atom. The molecule has 0 saturated heterocycles. The minimum absolute atomic E-state index is 0.0357. The maximum atomic E-state index is 12.9. The summed E-state index contributed by atoms with van der Waals surface area (Å²) >= 11 is 0. The number of carbonyl (C=O) groups excluding carboxylic acids is 2. The summed E-state index contributed by atoms with van der Waals surface area (Å²) in [6.07, 6.45) is 100. The first-order valence-electron chi connectivity index (χ1n) is 42.2. The van der Waals surface area contributed by atoms with E-state index >= 15 is 0 Å². The van der Waals surface area contributed by atoms with Gasteiger partial charge in [-0.05, 0) is 51.4 Å². The van der Waals surface area contributed by atoms with Crippen LogP contribution in [0.3, 0.4) is 0 Å². The molecule has 0 saturated carbocycles. The quantitative estimate of drug-likeness (QED) is 0.0211. The lowest BCUT2D eigenvalue weighted by molar-refractivity contribution is -0.870. The van der Waals surface area contributed by atoms with Crippen molar-refractivity contribution in [3.63, 3.8) is 0 Å². The number of hydrogen-bond acceptors (Lipinski definition) is 7. The van der Waals surface area contributed by atoms with E-state index < -0.39 is 26.5 Å². The predicted octanol–water partition coefficient (Wildman–Crippen LogP) is 28.1. The fourth-order valence-electron chi connectivity index (χ4n) is 13.0. The van der Waals surface area contributed by atoms with Gasteiger partial charge in [0.2, 0.25) is 0 Å². The van der Waals surface area contributed by atoms with Crippen LogP contribution in [0.25, 0.3) is 0 Å². The van der Waals surface area contributed by atoms with Crippen LogP contribution in [0, 0.1) is 0 Å². The first kappa shape index (κ1) is 93.2. The van der Waals surface area contributed by atoms with Gasteiger partial charge in [0.1, 0.15) is 19.8 Å². The normalized spacial score (nSPS) is 13.1. The summed E-state index contributed by atoms with van der Waals surface area (Å²) in [6.45, 7) is 4.51. The van der Waals surface area contributed by atoms with Crippen molar-refractivity contribution in [2.24, 2.45) is 0 Å². The molecule has 0 amide bonds. The molecule has 0 rings (SSSR count). The molecule has 0 aromatic rings. The molecule has 0 bridgehead atoms. The molecule has 0 aromatic heterocycles. The van der Waals surface area contributed by atoms with Crippen LogP contribution in [-0.2, 0) is 32.7 Å². The minimum atomic E-state index is -4.39. The maximum absolute atomic E-state index is 12.9. The van der Waals surface area contributed by atoms with Gasteiger partial charge in [-0.1, -0.05) is 416 Å². The number of nitrogens with zero attached hydrogens (tertiary/aromatic N) is 1. The Bertz CT molecular complexity index is 1690. The third kappa shape index (κ3) is 81.1. The number of carbonyl (C=O) groups is 2. The zero-order valence-corrected chi connectivity index (χ0v) is 65.3. The van der Waals surface area contributed by atoms with E-state index in [4.69, 9.17) is 18.5 Å². The lowest BCUT2D eigenvalue weighted by Crippen LogP contribution is -2.37. The molecule has 0 heterocycles. The van der Waals surface area contributed by atoms with Crippen LogP contribution >= 0.6 is 7.82 Å². The molecule has 0 radical (unpaired) electrons. The van der Waals surface area contributed by atoms with Crippen LogP contribution in [0.1, 0.15) is 444 Å². The summed E-state index contributed by atoms with van der Waals surface area (Å²) in [5.41, 5.74) is 0. The maximum Gasteiger partial charge on any atom is 0.472 e. The van der Waals surface area contributed by atoms with Crippen molar-refractivity contribution < 1.29 is 42.1 Å². The highest BCUT2D eigenvalue weighted by molar-refractivity contribution is 7.47. The fourth-order valence-corrected chi connectivity index (χ4v) is 13.7. The zero-order valence-electron chi connectivity index (χ0n) is 64.4. The highest BCUT2D eigenvalue weighted by Gasteiger charge is 2.27. The van der Waals surface area contributed by atoms with Crippen LogP contribution in [-0.4, -0.2) is 74.9 Å². The van der Waals surface area contributed by atoms with Crippen LogP contribution < -0.4 is 0 Å². The van der Waals surface area contributed by atoms with Gasteiger partial charge < -0.3 is 18.9 Å². The van der Waals surface area contributed by atoms with Gasteiger partial charge in [0, 0.05) is 12.8 Å². The molecule has 562 valence electrons. The molecule has 2 atom stereocenters. The monoisotopic (exact) mass is 1360 g/mol. The molecule has 0 fully saturated rings. The topological polar surface area (TPSA) is 108 Å². The smallest absolute Gasteiger partial charge is 0.462 e. The largest absolute Gasteiger partial charge is 0.472 e. The molecule has 0 spiro atoms. The Morgan fingerprint density at radius 1 is 0.326 bits per heavy atom. The Kier molecular flexibility index (Phi) is 75.0. The van der Waals surface area contributed by atoms with Crippen molar-refractivity contribution in [3.8, 4) is 0 Å². The van der Waals surface area contributed by atoms with Gasteiger partial charge in [-0.3, -0.25) is 18.6 Å². The SMILES string of the molecule is CCCCCCC/C=C\C/C=C\C/C=C\CCCCCCCCCCCCCCCCCCCCCCCCC(=O)OC(COC(=O)CCCCCCCCCCCCCCCCCCCCCCCCCCCCCCCCCCCC)COP(=O)(O)OCC[N+](C)(C)C. The number of ether oxygens (including phenoxy) is 2. The molecule has 9 nitrogen and oxygen atoms in total. The van der Waals surface area contributed by atoms with Gasteiger partial charge in [-0.25, -0.2) is 4.57 Å². The number of phosphoric ester groups is 1. The van der Waals surface area contributed by atoms with Crippen molar-refractivity contribution in [2.75, 3.05) is 47.5 Å². The van der Waals surface area contributed by atoms with Gasteiger partial charge in [0.15, 0.2) is 6.10 Å². The summed E-state index contributed by atoms with van der Waals surface area (Å²) in [7, 11) is 1.50.